The number of nitrogens with two attached hydrogens (primary N) is 1. The van der Waals surface area contributed by atoms with Gasteiger partial charge in [-0.3, -0.25) is 9.69 Å². The largest absolute Gasteiger partial charge is 0.478 e. The first-order valence-corrected chi connectivity index (χ1v) is 12.1. The molecule has 1 fully saturated rings. The zero-order chi connectivity index (χ0) is 22.5. The third-order valence-corrected chi connectivity index (χ3v) is 6.86. The molecular weight excluding hydrogens is 400 g/mol. The number of hydrogen-bond donors (Lipinski definition) is 1. The van der Waals surface area contributed by atoms with Crippen LogP contribution in [0.3, 0.4) is 0 Å². The van der Waals surface area contributed by atoms with Gasteiger partial charge in [0.2, 0.25) is 0 Å². The molecule has 1 amide bonds. The van der Waals surface area contributed by atoms with Gasteiger partial charge in [-0.25, -0.2) is 4.98 Å². The van der Waals surface area contributed by atoms with Crippen LogP contribution >= 0.6 is 0 Å². The van der Waals surface area contributed by atoms with Gasteiger partial charge in [-0.05, 0) is 70.3 Å². The summed E-state index contributed by atoms with van der Waals surface area (Å²) in [6.45, 7) is 6.58. The van der Waals surface area contributed by atoms with E-state index in [9.17, 15) is 4.79 Å². The van der Waals surface area contributed by atoms with E-state index in [0.717, 1.165) is 36.5 Å². The van der Waals surface area contributed by atoms with Gasteiger partial charge in [-0.2, -0.15) is 0 Å². The molecule has 0 aliphatic carbocycles. The molecule has 1 aromatic carbocycles. The van der Waals surface area contributed by atoms with Crippen molar-refractivity contribution in [1.29, 1.82) is 0 Å². The standard InChI is InChI=1S/C26H36N4O2/c1-19-10-8-11-20(2)29(19)16-6-3-7-17-30-22-13-4-5-14-23(22)32-24(26(30)31)18-21-12-9-15-25(27)28-21/h4-5,9,12-15,19-20,24H,3,6-8,10-11,16-18H2,1-2H3,(H2,27,28)/t19-,20+,24?. The van der Waals surface area contributed by atoms with Gasteiger partial charge in [0.05, 0.1) is 5.69 Å². The lowest BCUT2D eigenvalue weighted by Crippen LogP contribution is -2.47. The number of amides is 1. The average Bonchev–Trinajstić information content (AvgIpc) is 2.77. The Morgan fingerprint density at radius 1 is 1.00 bits per heavy atom. The molecule has 0 saturated carbocycles. The SMILES string of the molecule is C[C@@H]1CCC[C@H](C)N1CCCCCN1C(=O)C(Cc2cccc(N)n2)Oc2ccccc21. The fourth-order valence-corrected chi connectivity index (χ4v) is 5.09. The number of aromatic nitrogens is 1. The summed E-state index contributed by atoms with van der Waals surface area (Å²) in [4.78, 5) is 22.2. The highest BCUT2D eigenvalue weighted by molar-refractivity contribution is 6.00. The lowest BCUT2D eigenvalue weighted by molar-refractivity contribution is -0.126. The predicted molar refractivity (Wildman–Crippen MR) is 129 cm³/mol. The van der Waals surface area contributed by atoms with E-state index in [1.807, 2.05) is 41.3 Å². The van der Waals surface area contributed by atoms with Crippen molar-refractivity contribution in [2.75, 3.05) is 23.7 Å². The van der Waals surface area contributed by atoms with Crippen LogP contribution in [0.4, 0.5) is 11.5 Å². The monoisotopic (exact) mass is 436 g/mol. The van der Waals surface area contributed by atoms with Crippen molar-refractivity contribution in [2.24, 2.45) is 0 Å². The van der Waals surface area contributed by atoms with Crippen LogP contribution in [0, 0.1) is 0 Å². The summed E-state index contributed by atoms with van der Waals surface area (Å²) in [5.74, 6) is 1.23. The molecule has 2 aliphatic rings. The molecule has 6 heteroatoms. The Bertz CT molecular complexity index is 908. The van der Waals surface area contributed by atoms with Crippen LogP contribution in [-0.2, 0) is 11.2 Å². The number of fused-ring (bicyclic) bond motifs is 1. The number of ether oxygens (including phenoxy) is 1. The van der Waals surface area contributed by atoms with Gasteiger partial charge in [-0.15, -0.1) is 0 Å². The van der Waals surface area contributed by atoms with Gasteiger partial charge in [0.1, 0.15) is 11.6 Å². The van der Waals surface area contributed by atoms with Crippen LogP contribution < -0.4 is 15.4 Å². The second-order valence-electron chi connectivity index (χ2n) is 9.25. The maximum atomic E-state index is 13.3. The number of benzene rings is 1. The highest BCUT2D eigenvalue weighted by Gasteiger charge is 2.34. The number of unbranched alkanes of at least 4 members (excludes halogenated alkanes) is 2. The molecule has 4 rings (SSSR count). The summed E-state index contributed by atoms with van der Waals surface area (Å²) in [7, 11) is 0. The fraction of sp³-hybridized carbons (Fsp3) is 0.538. The number of hydrogen-bond acceptors (Lipinski definition) is 5. The topological polar surface area (TPSA) is 71.7 Å². The van der Waals surface area contributed by atoms with Crippen molar-refractivity contribution >= 4 is 17.4 Å². The highest BCUT2D eigenvalue weighted by atomic mass is 16.5. The molecule has 3 atom stereocenters. The molecule has 2 N–H and O–H groups in total. The molecule has 0 spiro atoms. The van der Waals surface area contributed by atoms with Crippen molar-refractivity contribution in [3.05, 3.63) is 48.2 Å². The molecule has 1 unspecified atom stereocenters. The van der Waals surface area contributed by atoms with E-state index in [4.69, 9.17) is 10.5 Å². The molecule has 3 heterocycles. The maximum absolute atomic E-state index is 13.3. The minimum atomic E-state index is -0.575. The van der Waals surface area contributed by atoms with E-state index in [1.54, 1.807) is 6.07 Å². The molecule has 32 heavy (non-hydrogen) atoms. The van der Waals surface area contributed by atoms with Gasteiger partial charge >= 0.3 is 0 Å². The normalized spacial score (nSPS) is 23.6. The smallest absolute Gasteiger partial charge is 0.268 e. The Morgan fingerprint density at radius 2 is 1.75 bits per heavy atom. The maximum Gasteiger partial charge on any atom is 0.268 e. The van der Waals surface area contributed by atoms with E-state index in [2.05, 4.69) is 23.7 Å². The Morgan fingerprint density at radius 3 is 2.53 bits per heavy atom. The number of anilines is 2. The second kappa shape index (κ2) is 10.3. The zero-order valence-corrected chi connectivity index (χ0v) is 19.4. The quantitative estimate of drug-likeness (QED) is 0.620. The molecule has 172 valence electrons. The second-order valence-corrected chi connectivity index (χ2v) is 9.25. The fourth-order valence-electron chi connectivity index (χ4n) is 5.09. The number of piperidine rings is 1. The molecule has 0 radical (unpaired) electrons. The van der Waals surface area contributed by atoms with Crippen LogP contribution in [0.1, 0.15) is 58.1 Å². The van der Waals surface area contributed by atoms with Crippen molar-refractivity contribution in [3.8, 4) is 5.75 Å². The lowest BCUT2D eigenvalue weighted by Gasteiger charge is -2.39. The average molecular weight is 437 g/mol. The third kappa shape index (κ3) is 5.23. The minimum absolute atomic E-state index is 0.00574. The number of rotatable bonds is 8. The number of para-hydroxylation sites is 2. The van der Waals surface area contributed by atoms with Gasteiger partial charge in [0, 0.05) is 30.7 Å². The predicted octanol–water partition coefficient (Wildman–Crippen LogP) is 4.43. The molecule has 6 nitrogen and oxygen atoms in total. The van der Waals surface area contributed by atoms with Crippen molar-refractivity contribution in [2.45, 2.75) is 77.0 Å². The van der Waals surface area contributed by atoms with Crippen molar-refractivity contribution < 1.29 is 9.53 Å². The first-order chi connectivity index (χ1) is 15.5. The molecule has 0 bridgehead atoms. The zero-order valence-electron chi connectivity index (χ0n) is 19.4. The molecule has 2 aliphatic heterocycles. The number of nitrogens with zero attached hydrogens (tertiary/aromatic N) is 3. The van der Waals surface area contributed by atoms with Crippen LogP contribution in [0.15, 0.2) is 42.5 Å². The van der Waals surface area contributed by atoms with E-state index in [1.165, 1.54) is 25.7 Å². The van der Waals surface area contributed by atoms with Crippen molar-refractivity contribution in [3.63, 3.8) is 0 Å². The minimum Gasteiger partial charge on any atom is -0.478 e. The molecule has 1 saturated heterocycles. The van der Waals surface area contributed by atoms with Crippen LogP contribution in [0.5, 0.6) is 5.75 Å². The van der Waals surface area contributed by atoms with Crippen LogP contribution in [0.2, 0.25) is 0 Å². The summed E-state index contributed by atoms with van der Waals surface area (Å²) in [6.07, 6.45) is 7.09. The first-order valence-electron chi connectivity index (χ1n) is 12.1. The van der Waals surface area contributed by atoms with E-state index < -0.39 is 6.10 Å². The van der Waals surface area contributed by atoms with Crippen molar-refractivity contribution in [1.82, 2.24) is 9.88 Å². The van der Waals surface area contributed by atoms with Gasteiger partial charge in [0.15, 0.2) is 6.10 Å². The van der Waals surface area contributed by atoms with Crippen LogP contribution in [0.25, 0.3) is 0 Å². The van der Waals surface area contributed by atoms with E-state index in [0.29, 0.717) is 30.9 Å². The van der Waals surface area contributed by atoms with E-state index >= 15 is 0 Å². The Hall–Kier alpha value is -2.60. The summed E-state index contributed by atoms with van der Waals surface area (Å²) < 4.78 is 6.07. The molecular formula is C26H36N4O2. The first kappa shape index (κ1) is 22.6. The number of carbonyl (C=O) groups excluding carboxylic acids is 1. The summed E-state index contributed by atoms with van der Waals surface area (Å²) in [5.41, 5.74) is 7.46. The number of pyridine rings is 1. The molecule has 1 aromatic heterocycles. The van der Waals surface area contributed by atoms with E-state index in [-0.39, 0.29) is 5.91 Å². The number of carbonyl (C=O) groups is 1. The van der Waals surface area contributed by atoms with Gasteiger partial charge < -0.3 is 15.4 Å². The summed E-state index contributed by atoms with van der Waals surface area (Å²) >= 11 is 0. The molecule has 2 aromatic rings. The van der Waals surface area contributed by atoms with Gasteiger partial charge in [-0.1, -0.05) is 31.0 Å². The van der Waals surface area contributed by atoms with Gasteiger partial charge in [0.25, 0.3) is 5.91 Å². The third-order valence-electron chi connectivity index (χ3n) is 6.86. The number of nitrogen functional groups attached to an aromatic ring is 1. The number of likely N-dealkylation sites (tertiary alicyclic amines) is 1. The Kier molecular flexibility index (Phi) is 7.30. The highest BCUT2D eigenvalue weighted by Crippen LogP contribution is 2.34. The Labute approximate surface area is 191 Å². The van der Waals surface area contributed by atoms with Crippen LogP contribution in [-0.4, -0.2) is 47.1 Å². The Balaban J connectivity index is 1.35. The summed E-state index contributed by atoms with van der Waals surface area (Å²) in [5, 5.41) is 0. The summed E-state index contributed by atoms with van der Waals surface area (Å²) in [6, 6.07) is 14.7. The lowest BCUT2D eigenvalue weighted by atomic mass is 9.97.